The van der Waals surface area contributed by atoms with E-state index in [1.54, 1.807) is 6.07 Å². The zero-order valence-corrected chi connectivity index (χ0v) is 13.5. The van der Waals surface area contributed by atoms with Gasteiger partial charge in [-0.15, -0.1) is 11.3 Å². The number of carbonyl (C=O) groups is 1. The molecular weight excluding hydrogens is 310 g/mol. The minimum atomic E-state index is -0.312. The summed E-state index contributed by atoms with van der Waals surface area (Å²) in [5.41, 5.74) is 1.96. The first-order chi connectivity index (χ1) is 11.3. The summed E-state index contributed by atoms with van der Waals surface area (Å²) in [6.07, 6.45) is 1.94. The lowest BCUT2D eigenvalue weighted by molar-refractivity contribution is 0.0606. The number of nitrogens with one attached hydrogen (secondary N) is 1. The summed E-state index contributed by atoms with van der Waals surface area (Å²) in [5, 5.41) is 7.89. The zero-order chi connectivity index (χ0) is 16.1. The molecule has 0 fully saturated rings. The van der Waals surface area contributed by atoms with Crippen molar-refractivity contribution < 1.29 is 9.53 Å². The normalized spacial score (nSPS) is 10.5. The number of aromatic nitrogens is 2. The molecule has 0 aliphatic heterocycles. The van der Waals surface area contributed by atoms with Crippen molar-refractivity contribution >= 4 is 23.0 Å². The summed E-state index contributed by atoms with van der Waals surface area (Å²) < 4.78 is 6.62. The summed E-state index contributed by atoms with van der Waals surface area (Å²) in [6, 6.07) is 15.7. The molecule has 3 aromatic rings. The smallest absolute Gasteiger partial charge is 0.348 e. The van der Waals surface area contributed by atoms with Crippen LogP contribution in [0.15, 0.2) is 54.7 Å². The van der Waals surface area contributed by atoms with Crippen molar-refractivity contribution in [3.63, 3.8) is 0 Å². The molecule has 0 aliphatic rings. The highest BCUT2D eigenvalue weighted by atomic mass is 32.1. The van der Waals surface area contributed by atoms with Crippen molar-refractivity contribution in [2.45, 2.75) is 6.54 Å². The fourth-order valence-electron chi connectivity index (χ4n) is 2.17. The van der Waals surface area contributed by atoms with Crippen molar-refractivity contribution in [3.05, 3.63) is 59.6 Å². The molecule has 0 atom stereocenters. The van der Waals surface area contributed by atoms with Gasteiger partial charge in [-0.05, 0) is 30.3 Å². The number of nitrogens with zero attached hydrogens (tertiary/aromatic N) is 2. The fourth-order valence-corrected chi connectivity index (χ4v) is 3.06. The molecule has 5 nitrogen and oxygen atoms in total. The monoisotopic (exact) mass is 327 g/mol. The Bertz CT molecular complexity index is 780. The van der Waals surface area contributed by atoms with Crippen LogP contribution in [0, 0.1) is 0 Å². The van der Waals surface area contributed by atoms with E-state index in [-0.39, 0.29) is 5.97 Å². The zero-order valence-electron chi connectivity index (χ0n) is 12.7. The summed E-state index contributed by atoms with van der Waals surface area (Å²) in [5.74, 6) is -0.312. The molecule has 0 aliphatic carbocycles. The highest BCUT2D eigenvalue weighted by Gasteiger charge is 2.11. The highest BCUT2D eigenvalue weighted by Crippen LogP contribution is 2.27. The van der Waals surface area contributed by atoms with Gasteiger partial charge in [0.1, 0.15) is 10.6 Å². The average molecular weight is 327 g/mol. The van der Waals surface area contributed by atoms with Gasteiger partial charge in [0.25, 0.3) is 0 Å². The lowest BCUT2D eigenvalue weighted by Gasteiger charge is -2.05. The van der Waals surface area contributed by atoms with Gasteiger partial charge in [-0.25, -0.2) is 4.79 Å². The number of ether oxygens (including phenoxy) is 1. The number of carbonyl (C=O) groups excluding carboxylic acids is 1. The molecule has 1 N–H and O–H groups in total. The summed E-state index contributed by atoms with van der Waals surface area (Å²) >= 11 is 1.39. The Hall–Kier alpha value is -2.60. The summed E-state index contributed by atoms with van der Waals surface area (Å²) in [6.45, 7) is 1.56. The number of hydrogen-bond acceptors (Lipinski definition) is 5. The standard InChI is InChI=1S/C17H17N3O2S/c1-22-17(21)16-8-7-15(23-16)14-9-11-20(19-14)12-10-18-13-5-3-2-4-6-13/h2-9,11,18H,10,12H2,1H3. The molecule has 1 aromatic carbocycles. The Morgan fingerprint density at radius 3 is 2.83 bits per heavy atom. The minimum Gasteiger partial charge on any atom is -0.465 e. The van der Waals surface area contributed by atoms with Gasteiger partial charge >= 0.3 is 5.97 Å². The number of hydrogen-bond donors (Lipinski definition) is 1. The molecular formula is C17H17N3O2S. The van der Waals surface area contributed by atoms with Gasteiger partial charge in [0, 0.05) is 18.4 Å². The Morgan fingerprint density at radius 1 is 1.22 bits per heavy atom. The predicted octanol–water partition coefficient (Wildman–Crippen LogP) is 3.51. The Balaban J connectivity index is 1.59. The van der Waals surface area contributed by atoms with E-state index in [2.05, 4.69) is 10.4 Å². The van der Waals surface area contributed by atoms with Crippen LogP contribution in [0.2, 0.25) is 0 Å². The number of thiophene rings is 1. The van der Waals surface area contributed by atoms with E-state index in [0.717, 1.165) is 29.3 Å². The minimum absolute atomic E-state index is 0.312. The lowest BCUT2D eigenvalue weighted by Crippen LogP contribution is -2.10. The highest BCUT2D eigenvalue weighted by molar-refractivity contribution is 7.17. The fraction of sp³-hybridized carbons (Fsp3) is 0.176. The number of anilines is 1. The predicted molar refractivity (Wildman–Crippen MR) is 91.8 cm³/mol. The second kappa shape index (κ2) is 7.11. The Labute approximate surface area is 138 Å². The molecule has 0 saturated heterocycles. The van der Waals surface area contributed by atoms with Crippen molar-refractivity contribution in [2.75, 3.05) is 19.0 Å². The van der Waals surface area contributed by atoms with Crippen LogP contribution < -0.4 is 5.32 Å². The SMILES string of the molecule is COC(=O)c1ccc(-c2ccn(CCNc3ccccc3)n2)s1. The summed E-state index contributed by atoms with van der Waals surface area (Å²) in [7, 11) is 1.39. The largest absolute Gasteiger partial charge is 0.465 e. The van der Waals surface area contributed by atoms with Crippen LogP contribution in [0.4, 0.5) is 5.69 Å². The van der Waals surface area contributed by atoms with E-state index in [1.165, 1.54) is 18.4 Å². The van der Waals surface area contributed by atoms with Crippen LogP contribution in [-0.4, -0.2) is 29.4 Å². The van der Waals surface area contributed by atoms with Crippen molar-refractivity contribution in [2.24, 2.45) is 0 Å². The first kappa shape index (κ1) is 15.3. The number of benzene rings is 1. The maximum absolute atomic E-state index is 11.5. The van der Waals surface area contributed by atoms with Gasteiger partial charge in [-0.2, -0.15) is 5.10 Å². The second-order valence-corrected chi connectivity index (χ2v) is 6.00. The van der Waals surface area contributed by atoms with E-state index in [4.69, 9.17) is 4.74 Å². The Kier molecular flexibility index (Phi) is 4.73. The first-order valence-electron chi connectivity index (χ1n) is 7.27. The molecule has 6 heteroatoms. The van der Waals surface area contributed by atoms with Gasteiger partial charge in [0.15, 0.2) is 0 Å². The van der Waals surface area contributed by atoms with Gasteiger partial charge in [0.05, 0.1) is 18.5 Å². The molecule has 3 rings (SSSR count). The second-order valence-electron chi connectivity index (χ2n) is 4.91. The average Bonchev–Trinajstić information content (AvgIpc) is 3.24. The quantitative estimate of drug-likeness (QED) is 0.704. The number of rotatable bonds is 6. The lowest BCUT2D eigenvalue weighted by atomic mass is 10.3. The van der Waals surface area contributed by atoms with Crippen molar-refractivity contribution in [1.82, 2.24) is 9.78 Å². The third kappa shape index (κ3) is 3.78. The van der Waals surface area contributed by atoms with E-state index in [1.807, 2.05) is 53.3 Å². The molecule has 23 heavy (non-hydrogen) atoms. The summed E-state index contributed by atoms with van der Waals surface area (Å²) in [4.78, 5) is 13.0. The van der Waals surface area contributed by atoms with Crippen LogP contribution in [-0.2, 0) is 11.3 Å². The first-order valence-corrected chi connectivity index (χ1v) is 8.09. The molecule has 0 amide bonds. The number of esters is 1. The molecule has 0 radical (unpaired) electrons. The van der Waals surface area contributed by atoms with E-state index >= 15 is 0 Å². The molecule has 0 saturated carbocycles. The number of methoxy groups -OCH3 is 1. The topological polar surface area (TPSA) is 56.1 Å². The Morgan fingerprint density at radius 2 is 2.04 bits per heavy atom. The van der Waals surface area contributed by atoms with Gasteiger partial charge in [-0.3, -0.25) is 4.68 Å². The van der Waals surface area contributed by atoms with Gasteiger partial charge in [-0.1, -0.05) is 18.2 Å². The van der Waals surface area contributed by atoms with Gasteiger partial charge < -0.3 is 10.1 Å². The van der Waals surface area contributed by atoms with Crippen molar-refractivity contribution in [3.8, 4) is 10.6 Å². The van der Waals surface area contributed by atoms with E-state index < -0.39 is 0 Å². The third-order valence-corrected chi connectivity index (χ3v) is 4.42. The molecule has 2 aromatic heterocycles. The van der Waals surface area contributed by atoms with E-state index in [0.29, 0.717) is 4.88 Å². The van der Waals surface area contributed by atoms with Crippen LogP contribution in [0.5, 0.6) is 0 Å². The van der Waals surface area contributed by atoms with Crippen LogP contribution in [0.25, 0.3) is 10.6 Å². The molecule has 0 spiro atoms. The third-order valence-electron chi connectivity index (χ3n) is 3.33. The van der Waals surface area contributed by atoms with E-state index in [9.17, 15) is 4.79 Å². The molecule has 0 bridgehead atoms. The molecule has 2 heterocycles. The maximum atomic E-state index is 11.5. The number of para-hydroxylation sites is 1. The van der Waals surface area contributed by atoms with Gasteiger partial charge in [0.2, 0.25) is 0 Å². The van der Waals surface area contributed by atoms with Crippen molar-refractivity contribution in [1.29, 1.82) is 0 Å². The maximum Gasteiger partial charge on any atom is 0.348 e. The molecule has 118 valence electrons. The van der Waals surface area contributed by atoms with Crippen LogP contribution in [0.1, 0.15) is 9.67 Å². The van der Waals surface area contributed by atoms with Crippen LogP contribution >= 0.6 is 11.3 Å². The molecule has 0 unspecified atom stereocenters. The van der Waals surface area contributed by atoms with Crippen LogP contribution in [0.3, 0.4) is 0 Å².